The molecule has 1 radical (unpaired) electrons. The van der Waals surface area contributed by atoms with E-state index < -0.39 is 6.09 Å². The Kier molecular flexibility index (Phi) is 11.9. The molecule has 0 heterocycles. The number of unbranched alkanes of at least 4 members (excludes halogenated alkanes) is 1. The minimum absolute atomic E-state index is 0. The van der Waals surface area contributed by atoms with Gasteiger partial charge in [-0.2, -0.15) is 0 Å². The van der Waals surface area contributed by atoms with Gasteiger partial charge >= 0.3 is 6.09 Å². The third kappa shape index (κ3) is 11.1. The molecule has 0 aromatic rings. The van der Waals surface area contributed by atoms with Crippen LogP contribution in [-0.4, -0.2) is 59.0 Å². The van der Waals surface area contributed by atoms with E-state index in [1.54, 1.807) is 0 Å². The van der Waals surface area contributed by atoms with Gasteiger partial charge in [-0.05, 0) is 12.8 Å². The minimum atomic E-state index is -1.01. The molecule has 10 heavy (non-hydrogen) atoms. The van der Waals surface area contributed by atoms with Gasteiger partial charge in [0, 0.05) is 42.7 Å². The monoisotopic (exact) mass is 156 g/mol. The second-order valence-corrected chi connectivity index (χ2v) is 1.66. The summed E-state index contributed by atoms with van der Waals surface area (Å²) >= 11 is 0. The molecule has 0 unspecified atom stereocenters. The fourth-order valence-corrected chi connectivity index (χ4v) is 0.432. The van der Waals surface area contributed by atoms with Gasteiger partial charge < -0.3 is 15.5 Å². The molecule has 0 rings (SSSR count). The van der Waals surface area contributed by atoms with Gasteiger partial charge in [-0.1, -0.05) is 0 Å². The second-order valence-electron chi connectivity index (χ2n) is 1.66. The van der Waals surface area contributed by atoms with Crippen LogP contribution in [0.4, 0.5) is 4.79 Å². The van der Waals surface area contributed by atoms with E-state index in [-0.39, 0.29) is 36.2 Å². The molecule has 0 bridgehead atoms. The summed E-state index contributed by atoms with van der Waals surface area (Å²) in [6.07, 6.45) is 0.344. The number of hydrogen-bond acceptors (Lipinski definition) is 2. The summed E-state index contributed by atoms with van der Waals surface area (Å²) in [4.78, 5) is 9.79. The summed E-state index contributed by atoms with van der Waals surface area (Å²) in [5, 5.41) is 18.5. The Morgan fingerprint density at radius 1 is 1.40 bits per heavy atom. The topological polar surface area (TPSA) is 69.6 Å². The van der Waals surface area contributed by atoms with Crippen LogP contribution in [-0.2, 0) is 0 Å². The van der Waals surface area contributed by atoms with Crippen molar-refractivity contribution in [3.63, 3.8) is 0 Å². The molecule has 0 aliphatic carbocycles. The Morgan fingerprint density at radius 2 is 2.00 bits per heavy atom. The first-order chi connectivity index (χ1) is 4.27. The molecule has 3 N–H and O–H groups in total. The largest absolute Gasteiger partial charge is 0.465 e. The number of carboxylic acid groups (broad SMARTS) is 1. The standard InChI is InChI=1S/C5H11NO3.Na/c7-4-2-1-3-6-5(8)9;/h6-7H,1-4H2,(H,8,9);. The maximum absolute atomic E-state index is 9.79. The van der Waals surface area contributed by atoms with Gasteiger partial charge in [0.1, 0.15) is 0 Å². The average molecular weight is 156 g/mol. The zero-order valence-corrected chi connectivity index (χ0v) is 8.13. The van der Waals surface area contributed by atoms with Gasteiger partial charge in [0.2, 0.25) is 0 Å². The molecular weight excluding hydrogens is 145 g/mol. The third-order valence-corrected chi connectivity index (χ3v) is 0.861. The Balaban J connectivity index is 0. The van der Waals surface area contributed by atoms with Gasteiger partial charge in [-0.25, -0.2) is 4.79 Å². The number of aliphatic hydroxyl groups excluding tert-OH is 1. The van der Waals surface area contributed by atoms with E-state index in [2.05, 4.69) is 5.32 Å². The van der Waals surface area contributed by atoms with Crippen molar-refractivity contribution in [2.24, 2.45) is 0 Å². The van der Waals surface area contributed by atoms with Crippen molar-refractivity contribution in [2.45, 2.75) is 12.8 Å². The van der Waals surface area contributed by atoms with Crippen LogP contribution in [0.5, 0.6) is 0 Å². The third-order valence-electron chi connectivity index (χ3n) is 0.861. The van der Waals surface area contributed by atoms with Gasteiger partial charge in [0.05, 0.1) is 0 Å². The van der Waals surface area contributed by atoms with Crippen LogP contribution < -0.4 is 5.32 Å². The van der Waals surface area contributed by atoms with E-state index >= 15 is 0 Å². The number of rotatable bonds is 4. The van der Waals surface area contributed by atoms with E-state index in [1.165, 1.54) is 0 Å². The summed E-state index contributed by atoms with van der Waals surface area (Å²) in [6, 6.07) is 0. The maximum atomic E-state index is 9.79. The van der Waals surface area contributed by atoms with E-state index in [9.17, 15) is 4.79 Å². The molecule has 0 saturated carbocycles. The summed E-state index contributed by atoms with van der Waals surface area (Å²) in [7, 11) is 0. The van der Waals surface area contributed by atoms with Gasteiger partial charge in [0.25, 0.3) is 0 Å². The zero-order valence-electron chi connectivity index (χ0n) is 6.13. The zero-order chi connectivity index (χ0) is 7.11. The van der Waals surface area contributed by atoms with Gasteiger partial charge in [-0.3, -0.25) is 0 Å². The number of hydrogen-bond donors (Lipinski definition) is 3. The molecule has 0 aromatic carbocycles. The van der Waals surface area contributed by atoms with Gasteiger partial charge in [-0.15, -0.1) is 0 Å². The van der Waals surface area contributed by atoms with Crippen molar-refractivity contribution in [1.29, 1.82) is 0 Å². The smallest absolute Gasteiger partial charge is 0.404 e. The van der Waals surface area contributed by atoms with Crippen molar-refractivity contribution < 1.29 is 15.0 Å². The molecule has 55 valence electrons. The molecular formula is C5H11NNaO3. The second kappa shape index (κ2) is 9.23. The predicted molar refractivity (Wildman–Crippen MR) is 38.1 cm³/mol. The van der Waals surface area contributed by atoms with Crippen molar-refractivity contribution in [3.05, 3.63) is 0 Å². The van der Waals surface area contributed by atoms with Gasteiger partial charge in [0.15, 0.2) is 0 Å². The summed E-state index contributed by atoms with van der Waals surface area (Å²) in [6.45, 7) is 0.553. The fourth-order valence-electron chi connectivity index (χ4n) is 0.432. The first-order valence-electron chi connectivity index (χ1n) is 2.85. The van der Waals surface area contributed by atoms with E-state index in [4.69, 9.17) is 10.2 Å². The Labute approximate surface area is 81.9 Å². The number of amides is 1. The Bertz CT molecular complexity index is 89.0. The number of carbonyl (C=O) groups is 1. The van der Waals surface area contributed by atoms with Crippen LogP contribution in [0.25, 0.3) is 0 Å². The molecule has 0 aliphatic heterocycles. The van der Waals surface area contributed by atoms with Crippen LogP contribution in [0, 0.1) is 0 Å². The molecule has 4 nitrogen and oxygen atoms in total. The summed E-state index contributed by atoms with van der Waals surface area (Å²) in [5.41, 5.74) is 0. The van der Waals surface area contributed by atoms with Crippen LogP contribution in [0.2, 0.25) is 0 Å². The van der Waals surface area contributed by atoms with Crippen molar-refractivity contribution >= 4 is 35.7 Å². The Morgan fingerprint density at radius 3 is 2.40 bits per heavy atom. The molecule has 0 aliphatic rings. The summed E-state index contributed by atoms with van der Waals surface area (Å²) < 4.78 is 0. The molecule has 0 fully saturated rings. The molecule has 5 heteroatoms. The molecule has 0 aromatic heterocycles. The number of nitrogens with one attached hydrogen (secondary N) is 1. The average Bonchev–Trinajstić information content (AvgIpc) is 1.80. The van der Waals surface area contributed by atoms with Crippen molar-refractivity contribution in [3.8, 4) is 0 Å². The van der Waals surface area contributed by atoms with E-state index in [0.717, 1.165) is 0 Å². The van der Waals surface area contributed by atoms with Crippen LogP contribution in [0.1, 0.15) is 12.8 Å². The predicted octanol–water partition coefficient (Wildman–Crippen LogP) is -0.354. The first-order valence-corrected chi connectivity index (χ1v) is 2.85. The van der Waals surface area contributed by atoms with Crippen LogP contribution in [0.15, 0.2) is 0 Å². The van der Waals surface area contributed by atoms with E-state index in [0.29, 0.717) is 19.4 Å². The molecule has 0 spiro atoms. The van der Waals surface area contributed by atoms with Crippen LogP contribution >= 0.6 is 0 Å². The molecule has 0 atom stereocenters. The Hall–Kier alpha value is 0.230. The molecule has 0 saturated heterocycles. The van der Waals surface area contributed by atoms with Crippen molar-refractivity contribution in [2.75, 3.05) is 13.2 Å². The maximum Gasteiger partial charge on any atom is 0.404 e. The molecule has 1 amide bonds. The normalized spacial score (nSPS) is 8.10. The number of aliphatic hydroxyl groups is 1. The quantitative estimate of drug-likeness (QED) is 0.384. The summed E-state index contributed by atoms with van der Waals surface area (Å²) in [5.74, 6) is 0. The minimum Gasteiger partial charge on any atom is -0.465 e. The van der Waals surface area contributed by atoms with Crippen molar-refractivity contribution in [1.82, 2.24) is 5.32 Å². The SMILES string of the molecule is O=C(O)NCCCCO.[Na]. The van der Waals surface area contributed by atoms with E-state index in [1.807, 2.05) is 0 Å². The fraction of sp³-hybridized carbons (Fsp3) is 0.800. The van der Waals surface area contributed by atoms with Crippen LogP contribution in [0.3, 0.4) is 0 Å². The first kappa shape index (κ1) is 12.9.